The van der Waals surface area contributed by atoms with Gasteiger partial charge in [-0.1, -0.05) is 13.0 Å². The second-order valence-corrected chi connectivity index (χ2v) is 10.9. The van der Waals surface area contributed by atoms with Crippen molar-refractivity contribution in [1.29, 1.82) is 0 Å². The molecule has 0 saturated carbocycles. The molecule has 2 aromatic heterocycles. The van der Waals surface area contributed by atoms with Crippen molar-refractivity contribution in [2.75, 3.05) is 26.1 Å². The second-order valence-electron chi connectivity index (χ2n) is 8.86. The molecule has 4 rings (SSSR count). The molecule has 0 amide bonds. The first-order chi connectivity index (χ1) is 17.7. The van der Waals surface area contributed by atoms with Crippen molar-refractivity contribution in [3.05, 3.63) is 42.2 Å². The van der Waals surface area contributed by atoms with Crippen LogP contribution in [-0.2, 0) is 14.8 Å². The Morgan fingerprint density at radius 1 is 1.03 bits per heavy atom. The Kier molecular flexibility index (Phi) is 7.83. The maximum Gasteiger partial charge on any atom is 0.243 e. The summed E-state index contributed by atoms with van der Waals surface area (Å²) < 4.78 is 53.7. The van der Waals surface area contributed by atoms with Crippen LogP contribution in [0.3, 0.4) is 0 Å². The van der Waals surface area contributed by atoms with Crippen molar-refractivity contribution >= 4 is 16.0 Å². The summed E-state index contributed by atoms with van der Waals surface area (Å²) >= 11 is 0. The van der Waals surface area contributed by atoms with Gasteiger partial charge in [-0.3, -0.25) is 9.29 Å². The molecule has 12 nitrogen and oxygen atoms in total. The van der Waals surface area contributed by atoms with Gasteiger partial charge in [0, 0.05) is 5.92 Å². The van der Waals surface area contributed by atoms with E-state index in [9.17, 15) is 8.42 Å². The molecule has 37 heavy (non-hydrogen) atoms. The number of hydrogen-bond donors (Lipinski definition) is 1. The largest absolute Gasteiger partial charge is 0.494 e. The smallest absolute Gasteiger partial charge is 0.243 e. The van der Waals surface area contributed by atoms with Crippen LogP contribution in [0, 0.1) is 0 Å². The Hall–Kier alpha value is -3.45. The number of hydrogen-bond acceptors (Lipinski definition) is 10. The summed E-state index contributed by atoms with van der Waals surface area (Å²) in [7, 11) is 0.590. The summed E-state index contributed by atoms with van der Waals surface area (Å²) in [5.41, 5.74) is 0.465. The average molecular weight is 533 g/mol. The molecule has 0 unspecified atom stereocenters. The van der Waals surface area contributed by atoms with Crippen molar-refractivity contribution in [2.45, 2.75) is 57.0 Å². The van der Waals surface area contributed by atoms with E-state index in [0.717, 1.165) is 6.42 Å². The van der Waals surface area contributed by atoms with E-state index in [0.29, 0.717) is 41.0 Å². The molecule has 0 aliphatic carbocycles. The molecule has 13 heteroatoms. The van der Waals surface area contributed by atoms with Gasteiger partial charge in [-0.2, -0.15) is 0 Å². The van der Waals surface area contributed by atoms with Crippen LogP contribution in [0.25, 0.3) is 5.69 Å². The third-order valence-corrected chi connectivity index (χ3v) is 8.41. The Labute approximate surface area is 216 Å². The Balaban J connectivity index is 1.75. The summed E-state index contributed by atoms with van der Waals surface area (Å²) in [5, 5.41) is 7.65. The van der Waals surface area contributed by atoms with Crippen LogP contribution >= 0.6 is 0 Å². The lowest BCUT2D eigenvalue weighted by Gasteiger charge is -2.22. The highest BCUT2D eigenvalue weighted by atomic mass is 32.2. The number of sulfonamides is 1. The number of methoxy groups -OCH3 is 3. The topological polar surface area (TPSA) is 140 Å². The minimum absolute atomic E-state index is 0.00403. The predicted octanol–water partition coefficient (Wildman–Crippen LogP) is 3.26. The average Bonchev–Trinajstić information content (AvgIpc) is 3.52. The first-order valence-electron chi connectivity index (χ1n) is 11.9. The highest BCUT2D eigenvalue weighted by molar-refractivity contribution is 7.93. The molecule has 1 aliphatic rings. The summed E-state index contributed by atoms with van der Waals surface area (Å²) in [6, 6.07) is 5.29. The van der Waals surface area contributed by atoms with Gasteiger partial charge in [-0.05, 0) is 38.8 Å². The maximum atomic E-state index is 13.5. The van der Waals surface area contributed by atoms with Gasteiger partial charge in [0.1, 0.15) is 29.1 Å². The monoisotopic (exact) mass is 532 g/mol. The number of para-hydroxylation sites is 1. The van der Waals surface area contributed by atoms with E-state index in [-0.39, 0.29) is 18.2 Å². The number of rotatable bonds is 10. The highest BCUT2D eigenvalue weighted by Crippen LogP contribution is 2.40. The fourth-order valence-corrected chi connectivity index (χ4v) is 5.43. The molecular formula is C24H32N6O6S. The van der Waals surface area contributed by atoms with Crippen LogP contribution in [0.5, 0.6) is 17.2 Å². The molecule has 0 bridgehead atoms. The number of anilines is 1. The van der Waals surface area contributed by atoms with E-state index in [1.807, 2.05) is 6.92 Å². The molecule has 3 aromatic rings. The summed E-state index contributed by atoms with van der Waals surface area (Å²) in [6.07, 6.45) is 4.24. The minimum Gasteiger partial charge on any atom is -0.494 e. The van der Waals surface area contributed by atoms with Gasteiger partial charge < -0.3 is 18.9 Å². The molecule has 0 radical (unpaired) electrons. The molecule has 0 spiro atoms. The van der Waals surface area contributed by atoms with Crippen LogP contribution in [0.1, 0.15) is 57.3 Å². The number of benzene rings is 1. The van der Waals surface area contributed by atoms with Crippen LogP contribution < -0.4 is 18.9 Å². The van der Waals surface area contributed by atoms with Gasteiger partial charge in [0.05, 0.1) is 45.1 Å². The summed E-state index contributed by atoms with van der Waals surface area (Å²) in [6.45, 7) is 5.32. The Morgan fingerprint density at radius 2 is 1.68 bits per heavy atom. The van der Waals surface area contributed by atoms with Crippen molar-refractivity contribution < 1.29 is 27.4 Å². The molecule has 3 heterocycles. The molecule has 200 valence electrons. The van der Waals surface area contributed by atoms with Gasteiger partial charge >= 0.3 is 0 Å². The quantitative estimate of drug-likeness (QED) is 0.414. The van der Waals surface area contributed by atoms with Gasteiger partial charge in [0.15, 0.2) is 11.6 Å². The highest BCUT2D eigenvalue weighted by Gasteiger charge is 2.35. The van der Waals surface area contributed by atoms with Crippen molar-refractivity contribution in [2.24, 2.45) is 0 Å². The zero-order chi connectivity index (χ0) is 26.7. The standard InChI is InChI=1S/C24H32N6O6S/c1-14-10-11-20(36-14)23-27-28-24(30(23)21-18(34-5)8-7-9-19(21)35-6)29-37(31,32)16(3)15(2)22-25-12-17(33-4)13-26-22/h7-9,12-16,20H,10-11H2,1-6H3,(H,28,29)/t14-,15+,16+,20-/m1/s1. The van der Waals surface area contributed by atoms with E-state index in [1.54, 1.807) is 36.6 Å². The van der Waals surface area contributed by atoms with Crippen LogP contribution in [0.2, 0.25) is 0 Å². The molecule has 1 aliphatic heterocycles. The van der Waals surface area contributed by atoms with Gasteiger partial charge in [-0.15, -0.1) is 10.2 Å². The molecule has 1 fully saturated rings. The van der Waals surface area contributed by atoms with E-state index in [1.165, 1.54) is 33.7 Å². The van der Waals surface area contributed by atoms with E-state index in [2.05, 4.69) is 24.9 Å². The zero-order valence-electron chi connectivity index (χ0n) is 21.7. The maximum absolute atomic E-state index is 13.5. The molecule has 1 saturated heterocycles. The number of nitrogens with zero attached hydrogens (tertiary/aromatic N) is 5. The van der Waals surface area contributed by atoms with Gasteiger partial charge in [-0.25, -0.2) is 18.4 Å². The molecule has 1 aromatic carbocycles. The summed E-state index contributed by atoms with van der Waals surface area (Å²) in [5.74, 6) is 1.69. The minimum atomic E-state index is -3.97. The van der Waals surface area contributed by atoms with Crippen molar-refractivity contribution in [3.8, 4) is 22.9 Å². The molecule has 4 atom stereocenters. The predicted molar refractivity (Wildman–Crippen MR) is 136 cm³/mol. The SMILES string of the molecule is COc1cnc([C@@H](C)[C@H](C)S(=O)(=O)Nc2nnc([C@H]3CC[C@@H](C)O3)n2-c2c(OC)cccc2OC)nc1. The lowest BCUT2D eigenvalue weighted by atomic mass is 10.1. The lowest BCUT2D eigenvalue weighted by molar-refractivity contribution is 0.0492. The first-order valence-corrected chi connectivity index (χ1v) is 13.4. The second kappa shape index (κ2) is 10.9. The van der Waals surface area contributed by atoms with E-state index in [4.69, 9.17) is 18.9 Å². The fraction of sp³-hybridized carbons (Fsp3) is 0.500. The number of aromatic nitrogens is 5. The van der Waals surface area contributed by atoms with E-state index >= 15 is 0 Å². The number of nitrogens with one attached hydrogen (secondary N) is 1. The Morgan fingerprint density at radius 3 is 2.22 bits per heavy atom. The number of ether oxygens (including phenoxy) is 4. The van der Waals surface area contributed by atoms with Crippen molar-refractivity contribution in [1.82, 2.24) is 24.7 Å². The van der Waals surface area contributed by atoms with Gasteiger partial charge in [0.25, 0.3) is 0 Å². The van der Waals surface area contributed by atoms with Gasteiger partial charge in [0.2, 0.25) is 16.0 Å². The first kappa shape index (κ1) is 26.6. The molecular weight excluding hydrogens is 500 g/mol. The molecule has 1 N–H and O–H groups in total. The van der Waals surface area contributed by atoms with Crippen LogP contribution in [0.4, 0.5) is 5.95 Å². The lowest BCUT2D eigenvalue weighted by Crippen LogP contribution is -2.31. The third-order valence-electron chi connectivity index (χ3n) is 6.55. The fourth-order valence-electron chi connectivity index (χ4n) is 4.20. The normalized spacial score (nSPS) is 19.3. The van der Waals surface area contributed by atoms with Crippen LogP contribution in [-0.4, -0.2) is 65.8 Å². The summed E-state index contributed by atoms with van der Waals surface area (Å²) in [4.78, 5) is 8.51. The van der Waals surface area contributed by atoms with Crippen LogP contribution in [0.15, 0.2) is 30.6 Å². The Bertz CT molecular complexity index is 1310. The van der Waals surface area contributed by atoms with Crippen molar-refractivity contribution in [3.63, 3.8) is 0 Å². The van der Waals surface area contributed by atoms with E-state index < -0.39 is 21.2 Å². The zero-order valence-corrected chi connectivity index (χ0v) is 22.5. The third kappa shape index (κ3) is 5.32.